The van der Waals surface area contributed by atoms with E-state index in [1.165, 1.54) is 23.2 Å². The molecule has 0 aliphatic rings. The molecule has 0 aliphatic carbocycles. The van der Waals surface area contributed by atoms with Crippen molar-refractivity contribution in [2.24, 2.45) is 7.05 Å². The van der Waals surface area contributed by atoms with Crippen molar-refractivity contribution in [3.8, 4) is 0 Å². The SMILES string of the molecule is C=CCN(CC(=O)OCC)S(=O)(=O)c1cnn(C)c1. The molecule has 106 valence electrons. The van der Waals surface area contributed by atoms with Crippen molar-refractivity contribution < 1.29 is 17.9 Å². The fraction of sp³-hybridized carbons (Fsp3) is 0.455. The van der Waals surface area contributed by atoms with Gasteiger partial charge in [-0.15, -0.1) is 6.58 Å². The molecule has 0 aromatic carbocycles. The monoisotopic (exact) mass is 287 g/mol. The first kappa shape index (κ1) is 15.4. The molecule has 1 rings (SSSR count). The van der Waals surface area contributed by atoms with Gasteiger partial charge < -0.3 is 4.74 Å². The molecule has 0 bridgehead atoms. The van der Waals surface area contributed by atoms with Crippen LogP contribution in [0.15, 0.2) is 29.9 Å². The Hall–Kier alpha value is -1.67. The third kappa shape index (κ3) is 3.90. The summed E-state index contributed by atoms with van der Waals surface area (Å²) in [6.45, 7) is 5.02. The third-order valence-electron chi connectivity index (χ3n) is 2.26. The number of carbonyl (C=O) groups is 1. The number of aromatic nitrogens is 2. The highest BCUT2D eigenvalue weighted by atomic mass is 32.2. The number of sulfonamides is 1. The summed E-state index contributed by atoms with van der Waals surface area (Å²) in [5, 5.41) is 3.81. The molecule has 0 unspecified atom stereocenters. The van der Waals surface area contributed by atoms with Crippen molar-refractivity contribution in [1.82, 2.24) is 14.1 Å². The average Bonchev–Trinajstić information content (AvgIpc) is 2.76. The quantitative estimate of drug-likeness (QED) is 0.527. The lowest BCUT2D eigenvalue weighted by molar-refractivity contribution is -0.143. The molecule has 1 heterocycles. The van der Waals surface area contributed by atoms with Crippen LogP contribution < -0.4 is 0 Å². The minimum atomic E-state index is -3.78. The number of ether oxygens (including phenoxy) is 1. The van der Waals surface area contributed by atoms with Crippen LogP contribution in [0.5, 0.6) is 0 Å². The van der Waals surface area contributed by atoms with E-state index in [1.807, 2.05) is 0 Å². The third-order valence-corrected chi connectivity index (χ3v) is 4.03. The van der Waals surface area contributed by atoms with E-state index in [0.717, 1.165) is 4.31 Å². The molecule has 19 heavy (non-hydrogen) atoms. The molecule has 1 aromatic rings. The zero-order valence-corrected chi connectivity index (χ0v) is 11.8. The van der Waals surface area contributed by atoms with Crippen molar-refractivity contribution in [2.45, 2.75) is 11.8 Å². The Bertz CT molecular complexity index is 550. The van der Waals surface area contributed by atoms with Gasteiger partial charge >= 0.3 is 5.97 Å². The second kappa shape index (κ2) is 6.48. The normalized spacial score (nSPS) is 11.5. The van der Waals surface area contributed by atoms with Crippen LogP contribution in [0.25, 0.3) is 0 Å². The van der Waals surface area contributed by atoms with Crippen LogP contribution in [0, 0.1) is 0 Å². The van der Waals surface area contributed by atoms with Gasteiger partial charge in [-0.2, -0.15) is 9.40 Å². The number of hydrogen-bond donors (Lipinski definition) is 0. The maximum absolute atomic E-state index is 12.3. The first-order valence-electron chi connectivity index (χ1n) is 5.67. The van der Waals surface area contributed by atoms with Gasteiger partial charge in [0.25, 0.3) is 0 Å². The summed E-state index contributed by atoms with van der Waals surface area (Å²) in [5.74, 6) is -0.600. The second-order valence-corrected chi connectivity index (χ2v) is 5.68. The van der Waals surface area contributed by atoms with Crippen LogP contribution in [-0.2, 0) is 26.6 Å². The van der Waals surface area contributed by atoms with E-state index in [0.29, 0.717) is 0 Å². The van der Waals surface area contributed by atoms with Crippen LogP contribution >= 0.6 is 0 Å². The highest BCUT2D eigenvalue weighted by molar-refractivity contribution is 7.89. The van der Waals surface area contributed by atoms with Gasteiger partial charge in [0.1, 0.15) is 11.4 Å². The Kier molecular flexibility index (Phi) is 5.25. The predicted molar refractivity (Wildman–Crippen MR) is 68.8 cm³/mol. The minimum absolute atomic E-state index is 0.0239. The molecule has 8 heteroatoms. The summed E-state index contributed by atoms with van der Waals surface area (Å²) < 4.78 is 31.7. The number of hydrogen-bond acceptors (Lipinski definition) is 5. The number of carbonyl (C=O) groups excluding carboxylic acids is 1. The fourth-order valence-electron chi connectivity index (χ4n) is 1.42. The zero-order chi connectivity index (χ0) is 14.5. The molecule has 0 atom stereocenters. The second-order valence-electron chi connectivity index (χ2n) is 3.74. The zero-order valence-electron chi connectivity index (χ0n) is 10.9. The van der Waals surface area contributed by atoms with E-state index in [4.69, 9.17) is 4.74 Å². The molecule has 7 nitrogen and oxygen atoms in total. The molecule has 0 N–H and O–H groups in total. The van der Waals surface area contributed by atoms with E-state index in [9.17, 15) is 13.2 Å². The molecule has 1 aromatic heterocycles. The van der Waals surface area contributed by atoms with Gasteiger partial charge in [0.2, 0.25) is 10.0 Å². The van der Waals surface area contributed by atoms with E-state index >= 15 is 0 Å². The van der Waals surface area contributed by atoms with Crippen LogP contribution in [-0.4, -0.2) is 48.2 Å². The average molecular weight is 287 g/mol. The van der Waals surface area contributed by atoms with Crippen molar-refractivity contribution >= 4 is 16.0 Å². The largest absolute Gasteiger partial charge is 0.465 e. The Balaban J connectivity index is 2.97. The number of rotatable bonds is 7. The Morgan fingerprint density at radius 1 is 1.63 bits per heavy atom. The lowest BCUT2D eigenvalue weighted by atomic mass is 10.5. The van der Waals surface area contributed by atoms with Crippen molar-refractivity contribution in [1.29, 1.82) is 0 Å². The summed E-state index contributed by atoms with van der Waals surface area (Å²) in [5.41, 5.74) is 0. The Morgan fingerprint density at radius 3 is 2.79 bits per heavy atom. The van der Waals surface area contributed by atoms with E-state index in [2.05, 4.69) is 11.7 Å². The summed E-state index contributed by atoms with van der Waals surface area (Å²) in [4.78, 5) is 11.5. The summed E-state index contributed by atoms with van der Waals surface area (Å²) in [6, 6.07) is 0. The molecule has 0 aliphatic heterocycles. The first-order chi connectivity index (χ1) is 8.91. The summed E-state index contributed by atoms with van der Waals surface area (Å²) >= 11 is 0. The highest BCUT2D eigenvalue weighted by Crippen LogP contribution is 2.14. The first-order valence-corrected chi connectivity index (χ1v) is 7.11. The molecule has 0 saturated heterocycles. The summed E-state index contributed by atoms with van der Waals surface area (Å²) in [6.07, 6.45) is 4.01. The van der Waals surface area contributed by atoms with Crippen LogP contribution in [0.4, 0.5) is 0 Å². The molecule has 0 saturated carbocycles. The maximum Gasteiger partial charge on any atom is 0.321 e. The number of aryl methyl sites for hydroxylation is 1. The number of esters is 1. The van der Waals surface area contributed by atoms with Crippen LogP contribution in [0.3, 0.4) is 0 Å². The lowest BCUT2D eigenvalue weighted by Crippen LogP contribution is -2.36. The van der Waals surface area contributed by atoms with Gasteiger partial charge in [0.15, 0.2) is 0 Å². The molecule has 0 radical (unpaired) electrons. The Morgan fingerprint density at radius 2 is 2.32 bits per heavy atom. The molecule has 0 spiro atoms. The van der Waals surface area contributed by atoms with Crippen molar-refractivity contribution in [2.75, 3.05) is 19.7 Å². The van der Waals surface area contributed by atoms with E-state index in [1.54, 1.807) is 14.0 Å². The van der Waals surface area contributed by atoms with Gasteiger partial charge in [-0.25, -0.2) is 8.42 Å². The number of nitrogens with zero attached hydrogens (tertiary/aromatic N) is 3. The van der Waals surface area contributed by atoms with Gasteiger partial charge in [-0.05, 0) is 6.92 Å². The highest BCUT2D eigenvalue weighted by Gasteiger charge is 2.27. The standard InChI is InChI=1S/C11H17N3O4S/c1-4-6-14(9-11(15)18-5-2)19(16,17)10-7-12-13(3)8-10/h4,7-8H,1,5-6,9H2,2-3H3. The minimum Gasteiger partial charge on any atom is -0.465 e. The van der Waals surface area contributed by atoms with E-state index in [-0.39, 0.29) is 24.6 Å². The molecule has 0 amide bonds. The van der Waals surface area contributed by atoms with Gasteiger partial charge in [-0.3, -0.25) is 9.48 Å². The topological polar surface area (TPSA) is 81.5 Å². The van der Waals surface area contributed by atoms with Gasteiger partial charge in [-0.1, -0.05) is 6.08 Å². The maximum atomic E-state index is 12.3. The predicted octanol–water partition coefficient (Wildman–Crippen LogP) is 0.160. The van der Waals surface area contributed by atoms with Gasteiger partial charge in [0, 0.05) is 19.8 Å². The molecular weight excluding hydrogens is 270 g/mol. The Labute approximate surface area is 112 Å². The van der Waals surface area contributed by atoms with Crippen LogP contribution in [0.1, 0.15) is 6.92 Å². The van der Waals surface area contributed by atoms with Crippen LogP contribution in [0.2, 0.25) is 0 Å². The molecular formula is C11H17N3O4S. The van der Waals surface area contributed by atoms with Crippen molar-refractivity contribution in [3.05, 3.63) is 25.0 Å². The smallest absolute Gasteiger partial charge is 0.321 e. The van der Waals surface area contributed by atoms with Crippen molar-refractivity contribution in [3.63, 3.8) is 0 Å². The van der Waals surface area contributed by atoms with E-state index < -0.39 is 16.0 Å². The fourth-order valence-corrected chi connectivity index (χ4v) is 2.76. The summed E-state index contributed by atoms with van der Waals surface area (Å²) in [7, 11) is -2.16. The lowest BCUT2D eigenvalue weighted by Gasteiger charge is -2.18. The van der Waals surface area contributed by atoms with Gasteiger partial charge in [0.05, 0.1) is 12.8 Å². The molecule has 0 fully saturated rings.